The number of carbonyl (C=O) groups excluding carboxylic acids is 1. The van der Waals surface area contributed by atoms with Gasteiger partial charge in [-0.05, 0) is 36.6 Å². The van der Waals surface area contributed by atoms with Gasteiger partial charge in [0, 0.05) is 11.6 Å². The van der Waals surface area contributed by atoms with Gasteiger partial charge >= 0.3 is 6.03 Å². The molecule has 2 amide bonds. The summed E-state index contributed by atoms with van der Waals surface area (Å²) in [6, 6.07) is 13.9. The highest BCUT2D eigenvalue weighted by atomic mass is 35.5. The highest BCUT2D eigenvalue weighted by Crippen LogP contribution is 2.23. The van der Waals surface area contributed by atoms with Crippen LogP contribution in [0.2, 0.25) is 5.02 Å². The number of carbonyl (C=O) groups is 1. The molecule has 2 aromatic rings. The largest absolute Gasteiger partial charge is 0.322 e. The molecule has 1 unspecified atom stereocenters. The molecule has 1 aliphatic rings. The van der Waals surface area contributed by atoms with E-state index >= 15 is 0 Å². The molecule has 0 aliphatic carbocycles. The summed E-state index contributed by atoms with van der Waals surface area (Å²) in [5.74, 6) is -0.536. The molecule has 1 fully saturated rings. The molecule has 2 aromatic carbocycles. The zero-order valence-corrected chi connectivity index (χ0v) is 13.8. The number of nitrogens with zero attached hydrogens (tertiary/aromatic N) is 1. The van der Waals surface area contributed by atoms with E-state index in [1.165, 1.54) is 12.1 Å². The zero-order chi connectivity index (χ0) is 16.9. The van der Waals surface area contributed by atoms with Gasteiger partial charge in [0.05, 0.1) is 11.7 Å². The average molecular weight is 345 g/mol. The average Bonchev–Trinajstić information content (AvgIpc) is 3.05. The minimum absolute atomic E-state index is 0.0144. The number of nitrogens with one attached hydrogen (secondary N) is 1. The Labute approximate surface area is 145 Å². The topological polar surface area (TPSA) is 32.3 Å². The predicted octanol–water partition coefficient (Wildman–Crippen LogP) is 5.19. The van der Waals surface area contributed by atoms with Crippen LogP contribution in [0.15, 0.2) is 54.6 Å². The molecule has 0 bridgehead atoms. The fraction of sp³-hybridized carbons (Fsp3) is 0.211. The summed E-state index contributed by atoms with van der Waals surface area (Å²) in [5, 5.41) is 2.93. The second-order valence-electron chi connectivity index (χ2n) is 5.73. The molecule has 0 saturated carbocycles. The van der Waals surface area contributed by atoms with Crippen LogP contribution in [0.1, 0.15) is 18.4 Å². The lowest BCUT2D eigenvalue weighted by atomic mass is 10.1. The van der Waals surface area contributed by atoms with Gasteiger partial charge in [0.25, 0.3) is 0 Å². The van der Waals surface area contributed by atoms with E-state index in [1.54, 1.807) is 11.0 Å². The van der Waals surface area contributed by atoms with Crippen LogP contribution in [-0.4, -0.2) is 23.5 Å². The van der Waals surface area contributed by atoms with E-state index < -0.39 is 5.82 Å². The van der Waals surface area contributed by atoms with Crippen molar-refractivity contribution in [2.75, 3.05) is 11.9 Å². The van der Waals surface area contributed by atoms with E-state index in [1.807, 2.05) is 42.5 Å². The van der Waals surface area contributed by atoms with Crippen LogP contribution in [0.4, 0.5) is 14.9 Å². The Kier molecular flexibility index (Phi) is 5.16. The molecule has 3 rings (SSSR count). The Morgan fingerprint density at radius 3 is 2.79 bits per heavy atom. The van der Waals surface area contributed by atoms with E-state index in [4.69, 9.17) is 11.6 Å². The Bertz CT molecular complexity index is 748. The second kappa shape index (κ2) is 7.49. The minimum Gasteiger partial charge on any atom is -0.318 e. The minimum atomic E-state index is -0.536. The van der Waals surface area contributed by atoms with Crippen LogP contribution in [0.5, 0.6) is 0 Å². The molecule has 0 radical (unpaired) electrons. The maximum atomic E-state index is 13.8. The number of hydrogen-bond donors (Lipinski definition) is 1. The van der Waals surface area contributed by atoms with Crippen LogP contribution < -0.4 is 5.32 Å². The Balaban J connectivity index is 1.68. The third-order valence-electron chi connectivity index (χ3n) is 4.04. The molecule has 124 valence electrons. The van der Waals surface area contributed by atoms with Gasteiger partial charge < -0.3 is 10.2 Å². The molecule has 1 N–H and O–H groups in total. The van der Waals surface area contributed by atoms with Crippen molar-refractivity contribution in [2.24, 2.45) is 0 Å². The number of halogens is 2. The van der Waals surface area contributed by atoms with Crippen molar-refractivity contribution < 1.29 is 9.18 Å². The van der Waals surface area contributed by atoms with Gasteiger partial charge in [-0.2, -0.15) is 0 Å². The van der Waals surface area contributed by atoms with Crippen molar-refractivity contribution in [2.45, 2.75) is 18.9 Å². The lowest BCUT2D eigenvalue weighted by molar-refractivity contribution is 0.214. The number of urea groups is 1. The van der Waals surface area contributed by atoms with Gasteiger partial charge in [-0.25, -0.2) is 9.18 Å². The number of anilines is 1. The van der Waals surface area contributed by atoms with Crippen LogP contribution in [-0.2, 0) is 0 Å². The van der Waals surface area contributed by atoms with Crippen LogP contribution in [0.3, 0.4) is 0 Å². The smallest absolute Gasteiger partial charge is 0.318 e. The lowest BCUT2D eigenvalue weighted by Crippen LogP contribution is -2.37. The summed E-state index contributed by atoms with van der Waals surface area (Å²) in [5.41, 5.74) is 1.23. The Hall–Kier alpha value is -2.33. The quantitative estimate of drug-likeness (QED) is 0.816. The van der Waals surface area contributed by atoms with Gasteiger partial charge in [-0.3, -0.25) is 0 Å². The molecule has 24 heavy (non-hydrogen) atoms. The van der Waals surface area contributed by atoms with Crippen LogP contribution in [0.25, 0.3) is 6.08 Å². The molecule has 1 atom stereocenters. The van der Waals surface area contributed by atoms with Crippen molar-refractivity contribution in [3.8, 4) is 0 Å². The van der Waals surface area contributed by atoms with E-state index in [0.29, 0.717) is 11.6 Å². The summed E-state index contributed by atoms with van der Waals surface area (Å²) >= 11 is 5.73. The van der Waals surface area contributed by atoms with Gasteiger partial charge in [0.2, 0.25) is 0 Å². The van der Waals surface area contributed by atoms with E-state index in [9.17, 15) is 9.18 Å². The standard InChI is InChI=1S/C19H18ClFN2O/c20-15-9-11-18(17(21)13-15)22-19(24)23-12-4-7-16(23)10-8-14-5-2-1-3-6-14/h1-3,5-6,8-11,13,16H,4,7,12H2,(H,22,24). The maximum Gasteiger partial charge on any atom is 0.322 e. The summed E-state index contributed by atoms with van der Waals surface area (Å²) in [6.45, 7) is 0.658. The van der Waals surface area contributed by atoms with Crippen LogP contribution in [0, 0.1) is 5.82 Å². The SMILES string of the molecule is O=C(Nc1ccc(Cl)cc1F)N1CCCC1C=Cc1ccccc1. The monoisotopic (exact) mass is 344 g/mol. The number of amides is 2. The number of hydrogen-bond acceptors (Lipinski definition) is 1. The highest BCUT2D eigenvalue weighted by molar-refractivity contribution is 6.30. The second-order valence-corrected chi connectivity index (χ2v) is 6.16. The number of benzene rings is 2. The van der Waals surface area contributed by atoms with Crippen molar-refractivity contribution in [1.82, 2.24) is 4.90 Å². The molecular formula is C19H18ClFN2O. The first kappa shape index (κ1) is 16.5. The molecule has 0 spiro atoms. The van der Waals surface area contributed by atoms with E-state index in [0.717, 1.165) is 18.4 Å². The number of rotatable bonds is 3. The zero-order valence-electron chi connectivity index (χ0n) is 13.1. The molecule has 1 aliphatic heterocycles. The van der Waals surface area contributed by atoms with E-state index in [-0.39, 0.29) is 17.8 Å². The number of likely N-dealkylation sites (tertiary alicyclic amines) is 1. The Morgan fingerprint density at radius 2 is 2.04 bits per heavy atom. The van der Waals surface area contributed by atoms with Crippen LogP contribution >= 0.6 is 11.6 Å². The molecule has 3 nitrogen and oxygen atoms in total. The van der Waals surface area contributed by atoms with Gasteiger partial charge in [0.1, 0.15) is 5.82 Å². The van der Waals surface area contributed by atoms with Crippen molar-refractivity contribution >= 4 is 29.4 Å². The molecular weight excluding hydrogens is 327 g/mol. The van der Waals surface area contributed by atoms with Gasteiger partial charge in [0.15, 0.2) is 0 Å². The molecule has 5 heteroatoms. The molecule has 1 saturated heterocycles. The molecule has 0 aromatic heterocycles. The first-order valence-corrected chi connectivity index (χ1v) is 8.27. The fourth-order valence-electron chi connectivity index (χ4n) is 2.81. The molecule has 1 heterocycles. The summed E-state index contributed by atoms with van der Waals surface area (Å²) in [7, 11) is 0. The summed E-state index contributed by atoms with van der Waals surface area (Å²) in [6.07, 6.45) is 5.87. The van der Waals surface area contributed by atoms with Crippen molar-refractivity contribution in [3.63, 3.8) is 0 Å². The predicted molar refractivity (Wildman–Crippen MR) is 95.6 cm³/mol. The third-order valence-corrected chi connectivity index (χ3v) is 4.28. The summed E-state index contributed by atoms with van der Waals surface area (Å²) in [4.78, 5) is 14.2. The highest BCUT2D eigenvalue weighted by Gasteiger charge is 2.27. The van der Waals surface area contributed by atoms with Gasteiger partial charge in [-0.1, -0.05) is 54.1 Å². The lowest BCUT2D eigenvalue weighted by Gasteiger charge is -2.23. The maximum absolute atomic E-state index is 13.8. The summed E-state index contributed by atoms with van der Waals surface area (Å²) < 4.78 is 13.8. The van der Waals surface area contributed by atoms with Crippen molar-refractivity contribution in [1.29, 1.82) is 0 Å². The third kappa shape index (κ3) is 3.95. The first-order valence-electron chi connectivity index (χ1n) is 7.89. The van der Waals surface area contributed by atoms with E-state index in [2.05, 4.69) is 5.32 Å². The fourth-order valence-corrected chi connectivity index (χ4v) is 2.97. The van der Waals surface area contributed by atoms with Gasteiger partial charge in [-0.15, -0.1) is 0 Å². The first-order chi connectivity index (χ1) is 11.6. The normalized spacial score (nSPS) is 17.4. The van der Waals surface area contributed by atoms with Crippen molar-refractivity contribution in [3.05, 3.63) is 71.0 Å². The Morgan fingerprint density at radius 1 is 1.25 bits per heavy atom.